The fraction of sp³-hybridized carbons (Fsp3) is 0.286. The van der Waals surface area contributed by atoms with Crippen LogP contribution >= 0.6 is 0 Å². The van der Waals surface area contributed by atoms with E-state index in [4.69, 9.17) is 4.74 Å². The number of amides is 1. The van der Waals surface area contributed by atoms with Gasteiger partial charge in [0.05, 0.1) is 12.1 Å². The highest BCUT2D eigenvalue weighted by molar-refractivity contribution is 5.93. The smallest absolute Gasteiger partial charge is 0.255 e. The van der Waals surface area contributed by atoms with Crippen LogP contribution in [0.25, 0.3) is 0 Å². The highest BCUT2D eigenvalue weighted by atomic mass is 16.5. The summed E-state index contributed by atoms with van der Waals surface area (Å²) in [4.78, 5) is 19.0. The second kappa shape index (κ2) is 7.32. The highest BCUT2D eigenvalue weighted by Gasteiger charge is 2.39. The number of carbonyl (C=O) groups excluding carboxylic acids is 1. The van der Waals surface area contributed by atoms with Gasteiger partial charge in [0.2, 0.25) is 5.95 Å². The zero-order chi connectivity index (χ0) is 18.8. The largest absolute Gasteiger partial charge is 0.375 e. The molecule has 6 heteroatoms. The lowest BCUT2D eigenvalue weighted by molar-refractivity contribution is -0.123. The number of aryl methyl sites for hydroxylation is 1. The average molecular weight is 362 g/mol. The molecule has 0 spiro atoms. The predicted octanol–water partition coefficient (Wildman–Crippen LogP) is 3.30. The zero-order valence-corrected chi connectivity index (χ0v) is 15.4. The number of hydrogen-bond acceptors (Lipinski definition) is 4. The molecule has 0 radical (unpaired) electrons. The first-order chi connectivity index (χ1) is 13.2. The van der Waals surface area contributed by atoms with Crippen LogP contribution in [0.4, 0.5) is 5.95 Å². The van der Waals surface area contributed by atoms with Crippen molar-refractivity contribution in [3.05, 3.63) is 77.6 Å². The molecule has 0 N–H and O–H groups in total. The maximum absolute atomic E-state index is 12.9. The molecule has 1 amide bonds. The molecule has 1 aliphatic rings. The highest BCUT2D eigenvalue weighted by Crippen LogP contribution is 2.41. The molecule has 0 saturated carbocycles. The summed E-state index contributed by atoms with van der Waals surface area (Å²) >= 11 is 0. The minimum Gasteiger partial charge on any atom is -0.375 e. The molecule has 2 aromatic carbocycles. The van der Waals surface area contributed by atoms with Crippen LogP contribution in [0.15, 0.2) is 60.9 Å². The molecule has 2 heterocycles. The van der Waals surface area contributed by atoms with Gasteiger partial charge in [0.25, 0.3) is 5.91 Å². The van der Waals surface area contributed by atoms with Gasteiger partial charge in [0.15, 0.2) is 0 Å². The van der Waals surface area contributed by atoms with Crippen LogP contribution in [0.5, 0.6) is 0 Å². The number of methoxy groups -OCH3 is 1. The van der Waals surface area contributed by atoms with E-state index in [1.165, 1.54) is 19.0 Å². The lowest BCUT2D eigenvalue weighted by atomic mass is 9.91. The third-order valence-corrected chi connectivity index (χ3v) is 5.01. The SMILES string of the molecule is COCC(=O)N1c2ncnn2[C@@H](c2ccccc2)C[C@@H]1c1ccc(C)cc1. The average Bonchev–Trinajstić information content (AvgIpc) is 3.18. The van der Waals surface area contributed by atoms with E-state index < -0.39 is 0 Å². The standard InChI is InChI=1S/C21H22N4O2/c1-15-8-10-17(11-9-15)18-12-19(16-6-4-3-5-7-16)25-21(22-14-23-25)24(18)20(26)13-27-2/h3-11,14,18-19H,12-13H2,1-2H3/t18-,19-/m1/s1. The van der Waals surface area contributed by atoms with E-state index in [1.54, 1.807) is 4.90 Å². The number of benzene rings is 2. The summed E-state index contributed by atoms with van der Waals surface area (Å²) in [5.41, 5.74) is 3.42. The molecular formula is C21H22N4O2. The molecule has 3 aromatic rings. The first-order valence-corrected chi connectivity index (χ1v) is 9.01. The summed E-state index contributed by atoms with van der Waals surface area (Å²) in [6.07, 6.45) is 2.23. The Bertz CT molecular complexity index is 921. The Kier molecular flexibility index (Phi) is 4.73. The second-order valence-electron chi connectivity index (χ2n) is 6.79. The maximum Gasteiger partial charge on any atom is 0.255 e. The van der Waals surface area contributed by atoms with Gasteiger partial charge in [-0.3, -0.25) is 9.69 Å². The summed E-state index contributed by atoms with van der Waals surface area (Å²) in [6.45, 7) is 2.06. The Balaban J connectivity index is 1.82. The van der Waals surface area contributed by atoms with Crippen molar-refractivity contribution in [3.63, 3.8) is 0 Å². The number of ether oxygens (including phenoxy) is 1. The van der Waals surface area contributed by atoms with Crippen LogP contribution in [0.3, 0.4) is 0 Å². The molecule has 0 aliphatic carbocycles. The quantitative estimate of drug-likeness (QED) is 0.714. The maximum atomic E-state index is 12.9. The molecule has 2 atom stereocenters. The normalized spacial score (nSPS) is 19.0. The van der Waals surface area contributed by atoms with Gasteiger partial charge in [-0.25, -0.2) is 4.68 Å². The summed E-state index contributed by atoms with van der Waals surface area (Å²) < 4.78 is 6.96. The molecule has 1 aliphatic heterocycles. The van der Waals surface area contributed by atoms with E-state index in [0.717, 1.165) is 17.5 Å². The van der Waals surface area contributed by atoms with Crippen molar-refractivity contribution in [2.75, 3.05) is 18.6 Å². The van der Waals surface area contributed by atoms with Gasteiger partial charge < -0.3 is 4.74 Å². The first-order valence-electron chi connectivity index (χ1n) is 9.01. The summed E-state index contributed by atoms with van der Waals surface area (Å²) in [5.74, 6) is 0.437. The van der Waals surface area contributed by atoms with E-state index in [0.29, 0.717) is 5.95 Å². The molecule has 0 saturated heterocycles. The molecule has 1 aromatic heterocycles. The Morgan fingerprint density at radius 1 is 1.07 bits per heavy atom. The number of anilines is 1. The number of aromatic nitrogens is 3. The second-order valence-corrected chi connectivity index (χ2v) is 6.79. The number of hydrogen-bond donors (Lipinski definition) is 0. The minimum atomic E-state index is -0.129. The molecule has 4 rings (SSSR count). The van der Waals surface area contributed by atoms with Gasteiger partial charge in [-0.2, -0.15) is 10.1 Å². The third kappa shape index (κ3) is 3.24. The van der Waals surface area contributed by atoms with E-state index in [9.17, 15) is 4.79 Å². The summed E-state index contributed by atoms with van der Waals surface area (Å²) in [5, 5.41) is 4.42. The van der Waals surface area contributed by atoms with Crippen molar-refractivity contribution in [1.29, 1.82) is 0 Å². The van der Waals surface area contributed by atoms with E-state index in [-0.39, 0.29) is 24.6 Å². The Morgan fingerprint density at radius 2 is 1.78 bits per heavy atom. The van der Waals surface area contributed by atoms with Crippen molar-refractivity contribution in [1.82, 2.24) is 14.8 Å². The van der Waals surface area contributed by atoms with Gasteiger partial charge in [-0.05, 0) is 24.5 Å². The van der Waals surface area contributed by atoms with Crippen LogP contribution in [-0.2, 0) is 9.53 Å². The van der Waals surface area contributed by atoms with Crippen molar-refractivity contribution in [3.8, 4) is 0 Å². The summed E-state index contributed by atoms with van der Waals surface area (Å²) in [7, 11) is 1.53. The lowest BCUT2D eigenvalue weighted by Crippen LogP contribution is -2.44. The lowest BCUT2D eigenvalue weighted by Gasteiger charge is -2.39. The Labute approximate surface area is 158 Å². The van der Waals surface area contributed by atoms with Crippen molar-refractivity contribution in [2.45, 2.75) is 25.4 Å². The van der Waals surface area contributed by atoms with Gasteiger partial charge in [-0.15, -0.1) is 0 Å². The van der Waals surface area contributed by atoms with E-state index >= 15 is 0 Å². The van der Waals surface area contributed by atoms with Crippen molar-refractivity contribution in [2.24, 2.45) is 0 Å². The fourth-order valence-corrected chi connectivity index (χ4v) is 3.70. The molecule has 0 bridgehead atoms. The van der Waals surface area contributed by atoms with Crippen LogP contribution in [-0.4, -0.2) is 34.4 Å². The Hall–Kier alpha value is -2.99. The van der Waals surface area contributed by atoms with Gasteiger partial charge in [0.1, 0.15) is 12.9 Å². The van der Waals surface area contributed by atoms with Crippen LogP contribution in [0.2, 0.25) is 0 Å². The molecule has 0 unspecified atom stereocenters. The van der Waals surface area contributed by atoms with Gasteiger partial charge in [-0.1, -0.05) is 60.2 Å². The van der Waals surface area contributed by atoms with Crippen LogP contribution < -0.4 is 4.90 Å². The topological polar surface area (TPSA) is 60.2 Å². The molecule has 138 valence electrons. The predicted molar refractivity (Wildman–Crippen MR) is 103 cm³/mol. The number of carbonyl (C=O) groups is 1. The van der Waals surface area contributed by atoms with E-state index in [2.05, 4.69) is 53.4 Å². The monoisotopic (exact) mass is 362 g/mol. The third-order valence-electron chi connectivity index (χ3n) is 5.01. The van der Waals surface area contributed by atoms with Crippen LogP contribution in [0, 0.1) is 6.92 Å². The minimum absolute atomic E-state index is 0.00518. The fourth-order valence-electron chi connectivity index (χ4n) is 3.70. The summed E-state index contributed by atoms with van der Waals surface area (Å²) in [6, 6.07) is 18.4. The van der Waals surface area contributed by atoms with Crippen LogP contribution in [0.1, 0.15) is 35.2 Å². The van der Waals surface area contributed by atoms with Gasteiger partial charge in [0, 0.05) is 7.11 Å². The van der Waals surface area contributed by atoms with Gasteiger partial charge >= 0.3 is 0 Å². The first kappa shape index (κ1) is 17.4. The molecular weight excluding hydrogens is 340 g/mol. The van der Waals surface area contributed by atoms with E-state index in [1.807, 2.05) is 22.9 Å². The zero-order valence-electron chi connectivity index (χ0n) is 15.4. The Morgan fingerprint density at radius 3 is 2.48 bits per heavy atom. The number of rotatable bonds is 4. The van der Waals surface area contributed by atoms with Crippen molar-refractivity contribution < 1.29 is 9.53 Å². The number of nitrogens with zero attached hydrogens (tertiary/aromatic N) is 4. The molecule has 0 fully saturated rings. The number of fused-ring (bicyclic) bond motifs is 1. The van der Waals surface area contributed by atoms with Crippen molar-refractivity contribution >= 4 is 11.9 Å². The molecule has 27 heavy (non-hydrogen) atoms. The molecule has 6 nitrogen and oxygen atoms in total.